The second-order valence-electron chi connectivity index (χ2n) is 4.93. The van der Waals surface area contributed by atoms with Crippen molar-refractivity contribution < 1.29 is 18.3 Å². The first kappa shape index (κ1) is 15.5. The molecule has 0 heterocycles. The third-order valence-corrected chi connectivity index (χ3v) is 5.68. The Kier molecular flexibility index (Phi) is 4.82. The van der Waals surface area contributed by atoms with Gasteiger partial charge in [0.2, 0.25) is 10.0 Å². The van der Waals surface area contributed by atoms with Gasteiger partial charge in [0.1, 0.15) is 0 Å². The number of carboxylic acids is 1. The first-order chi connectivity index (χ1) is 9.40. The van der Waals surface area contributed by atoms with Gasteiger partial charge in [-0.05, 0) is 52.9 Å². The Bertz CT molecular complexity index is 611. The van der Waals surface area contributed by atoms with Crippen molar-refractivity contribution in [2.24, 2.45) is 5.92 Å². The molecule has 0 saturated heterocycles. The lowest BCUT2D eigenvalue weighted by molar-refractivity contribution is 0.0696. The minimum Gasteiger partial charge on any atom is -0.478 e. The van der Waals surface area contributed by atoms with Gasteiger partial charge in [0, 0.05) is 11.0 Å². The van der Waals surface area contributed by atoms with E-state index in [9.17, 15) is 13.2 Å². The lowest BCUT2D eigenvalue weighted by Crippen LogP contribution is -2.25. The maximum absolute atomic E-state index is 12.1. The van der Waals surface area contributed by atoms with Crippen molar-refractivity contribution >= 4 is 31.9 Å². The molecule has 20 heavy (non-hydrogen) atoms. The molecule has 0 aromatic heterocycles. The third-order valence-electron chi connectivity index (χ3n) is 3.25. The molecule has 1 aromatic rings. The van der Waals surface area contributed by atoms with Crippen LogP contribution in [0.2, 0.25) is 0 Å². The Hall–Kier alpha value is -0.920. The van der Waals surface area contributed by atoms with Gasteiger partial charge < -0.3 is 5.11 Å². The summed E-state index contributed by atoms with van der Waals surface area (Å²) in [5.41, 5.74) is 0.0459. The first-order valence-corrected chi connectivity index (χ1v) is 8.70. The number of hydrogen-bond donors (Lipinski definition) is 2. The monoisotopic (exact) mass is 361 g/mol. The van der Waals surface area contributed by atoms with E-state index in [1.54, 1.807) is 0 Å². The highest BCUT2D eigenvalue weighted by Crippen LogP contribution is 2.33. The summed E-state index contributed by atoms with van der Waals surface area (Å²) in [5.74, 6) is -0.312. The molecule has 0 aliphatic heterocycles. The zero-order chi connectivity index (χ0) is 14.8. The lowest BCUT2D eigenvalue weighted by Gasteiger charge is -2.09. The Morgan fingerprint density at radius 3 is 2.65 bits per heavy atom. The van der Waals surface area contributed by atoms with Crippen molar-refractivity contribution in [1.29, 1.82) is 0 Å². The minimum absolute atomic E-state index is 0.0459. The zero-order valence-corrected chi connectivity index (χ0v) is 13.2. The third kappa shape index (κ3) is 4.04. The van der Waals surface area contributed by atoms with Gasteiger partial charge in [-0.2, -0.15) is 0 Å². The van der Waals surface area contributed by atoms with E-state index in [1.807, 2.05) is 0 Å². The number of sulfonamides is 1. The second-order valence-corrected chi connectivity index (χ2v) is 7.52. The quantitative estimate of drug-likeness (QED) is 0.731. The fourth-order valence-corrected chi connectivity index (χ4v) is 4.08. The van der Waals surface area contributed by atoms with Gasteiger partial charge in [0.05, 0.1) is 10.5 Å². The Balaban J connectivity index is 2.02. The molecular formula is C13H16BrNO4S. The van der Waals surface area contributed by atoms with Gasteiger partial charge in [-0.25, -0.2) is 17.9 Å². The van der Waals surface area contributed by atoms with Gasteiger partial charge in [0.15, 0.2) is 0 Å². The summed E-state index contributed by atoms with van der Waals surface area (Å²) < 4.78 is 27.0. The second kappa shape index (κ2) is 6.24. The molecule has 0 amide bonds. The maximum atomic E-state index is 12.1. The summed E-state index contributed by atoms with van der Waals surface area (Å²) in [6, 6.07) is 3.88. The van der Waals surface area contributed by atoms with Crippen LogP contribution in [0.1, 0.15) is 36.0 Å². The highest BCUT2D eigenvalue weighted by Gasteiger charge is 2.22. The van der Waals surface area contributed by atoms with Crippen LogP contribution in [0.15, 0.2) is 27.6 Å². The van der Waals surface area contributed by atoms with Crippen LogP contribution in [0.3, 0.4) is 0 Å². The molecule has 2 rings (SSSR count). The Morgan fingerprint density at radius 2 is 2.10 bits per heavy atom. The number of halogens is 1. The summed E-state index contributed by atoms with van der Waals surface area (Å²) in [4.78, 5) is 10.9. The van der Waals surface area contributed by atoms with E-state index < -0.39 is 16.0 Å². The van der Waals surface area contributed by atoms with E-state index in [0.717, 1.165) is 18.8 Å². The lowest BCUT2D eigenvalue weighted by atomic mass is 10.2. The van der Waals surface area contributed by atoms with Crippen molar-refractivity contribution in [3.8, 4) is 0 Å². The number of carbonyl (C=O) groups is 1. The van der Waals surface area contributed by atoms with Crippen molar-refractivity contribution in [3.05, 3.63) is 28.2 Å². The van der Waals surface area contributed by atoms with Crippen LogP contribution in [0, 0.1) is 5.92 Å². The number of rotatable bonds is 7. The fraction of sp³-hybridized carbons (Fsp3) is 0.462. The van der Waals surface area contributed by atoms with Gasteiger partial charge in [-0.15, -0.1) is 0 Å². The molecule has 0 unspecified atom stereocenters. The largest absolute Gasteiger partial charge is 0.478 e. The van der Waals surface area contributed by atoms with Crippen LogP contribution in [0.5, 0.6) is 0 Å². The number of aromatic carboxylic acids is 1. The maximum Gasteiger partial charge on any atom is 0.335 e. The van der Waals surface area contributed by atoms with Gasteiger partial charge in [0.25, 0.3) is 0 Å². The summed E-state index contributed by atoms with van der Waals surface area (Å²) in [7, 11) is -3.60. The number of carboxylic acid groups (broad SMARTS) is 1. The van der Waals surface area contributed by atoms with Crippen LogP contribution in [0.25, 0.3) is 0 Å². The fourth-order valence-electron chi connectivity index (χ4n) is 1.93. The average Bonchev–Trinajstić information content (AvgIpc) is 3.18. The molecule has 2 N–H and O–H groups in total. The molecule has 1 aromatic carbocycles. The molecule has 0 bridgehead atoms. The zero-order valence-electron chi connectivity index (χ0n) is 10.8. The number of nitrogens with one attached hydrogen (secondary N) is 1. The Labute approximate surface area is 126 Å². The minimum atomic E-state index is -3.60. The molecule has 1 aliphatic carbocycles. The summed E-state index contributed by atoms with van der Waals surface area (Å²) >= 11 is 3.11. The predicted molar refractivity (Wildman–Crippen MR) is 78.2 cm³/mol. The van der Waals surface area contributed by atoms with Crippen molar-refractivity contribution in [2.75, 3.05) is 6.54 Å². The molecule has 5 nitrogen and oxygen atoms in total. The van der Waals surface area contributed by atoms with Crippen molar-refractivity contribution in [3.63, 3.8) is 0 Å². The van der Waals surface area contributed by atoms with Crippen LogP contribution in [0.4, 0.5) is 0 Å². The SMILES string of the molecule is O=C(O)c1ccc(S(=O)(=O)NCCCC2CC2)c(Br)c1. The van der Waals surface area contributed by atoms with E-state index in [1.165, 1.54) is 31.0 Å². The Morgan fingerprint density at radius 1 is 1.40 bits per heavy atom. The van der Waals surface area contributed by atoms with Crippen LogP contribution >= 0.6 is 15.9 Å². The molecule has 1 aliphatic rings. The standard InChI is InChI=1S/C13H16BrNO4S/c14-11-8-10(13(16)17)5-6-12(11)20(18,19)15-7-1-2-9-3-4-9/h5-6,8-9,15H,1-4,7H2,(H,16,17). The van der Waals surface area contributed by atoms with E-state index in [4.69, 9.17) is 5.11 Å². The molecular weight excluding hydrogens is 346 g/mol. The number of hydrogen-bond acceptors (Lipinski definition) is 3. The van der Waals surface area contributed by atoms with Gasteiger partial charge in [-0.3, -0.25) is 0 Å². The van der Waals surface area contributed by atoms with E-state index in [2.05, 4.69) is 20.7 Å². The molecule has 0 spiro atoms. The summed E-state index contributed by atoms with van der Waals surface area (Å²) in [6.45, 7) is 0.409. The van der Waals surface area contributed by atoms with Gasteiger partial charge >= 0.3 is 5.97 Å². The molecule has 1 saturated carbocycles. The van der Waals surface area contributed by atoms with E-state index in [0.29, 0.717) is 6.54 Å². The van der Waals surface area contributed by atoms with Crippen molar-refractivity contribution in [1.82, 2.24) is 4.72 Å². The van der Waals surface area contributed by atoms with E-state index in [-0.39, 0.29) is 14.9 Å². The van der Waals surface area contributed by atoms with Gasteiger partial charge in [-0.1, -0.05) is 12.8 Å². The summed E-state index contributed by atoms with van der Waals surface area (Å²) in [5, 5.41) is 8.85. The smallest absolute Gasteiger partial charge is 0.335 e. The van der Waals surface area contributed by atoms with Crippen LogP contribution in [-0.4, -0.2) is 26.0 Å². The molecule has 0 radical (unpaired) electrons. The first-order valence-electron chi connectivity index (χ1n) is 6.42. The molecule has 110 valence electrons. The predicted octanol–water partition coefficient (Wildman–Crippen LogP) is 2.62. The van der Waals surface area contributed by atoms with Crippen LogP contribution in [-0.2, 0) is 10.0 Å². The number of benzene rings is 1. The van der Waals surface area contributed by atoms with Crippen molar-refractivity contribution in [2.45, 2.75) is 30.6 Å². The molecule has 1 fully saturated rings. The molecule has 7 heteroatoms. The highest BCUT2D eigenvalue weighted by molar-refractivity contribution is 9.10. The highest BCUT2D eigenvalue weighted by atomic mass is 79.9. The average molecular weight is 362 g/mol. The topological polar surface area (TPSA) is 83.5 Å². The van der Waals surface area contributed by atoms with E-state index >= 15 is 0 Å². The summed E-state index contributed by atoms with van der Waals surface area (Å²) in [6.07, 6.45) is 4.40. The normalized spacial score (nSPS) is 15.2. The van der Waals surface area contributed by atoms with Crippen LogP contribution < -0.4 is 4.72 Å². The molecule has 0 atom stereocenters.